The van der Waals surface area contributed by atoms with Crippen molar-refractivity contribution in [2.45, 2.75) is 33.1 Å². The number of thiophene rings is 1. The van der Waals surface area contributed by atoms with Gasteiger partial charge in [0.1, 0.15) is 0 Å². The van der Waals surface area contributed by atoms with E-state index in [1.807, 2.05) is 30.5 Å². The van der Waals surface area contributed by atoms with E-state index >= 15 is 0 Å². The number of benzene rings is 1. The summed E-state index contributed by atoms with van der Waals surface area (Å²) in [6, 6.07) is 10.1. The first-order chi connectivity index (χ1) is 11.2. The predicted molar refractivity (Wildman–Crippen MR) is 94.7 cm³/mol. The van der Waals surface area contributed by atoms with Crippen LogP contribution in [0.15, 0.2) is 46.4 Å². The van der Waals surface area contributed by atoms with Crippen molar-refractivity contribution in [2.24, 2.45) is 4.99 Å². The molecule has 0 bridgehead atoms. The fourth-order valence-electron chi connectivity index (χ4n) is 2.38. The first kappa shape index (κ1) is 15.7. The van der Waals surface area contributed by atoms with E-state index in [0.717, 1.165) is 22.4 Å². The van der Waals surface area contributed by atoms with Gasteiger partial charge >= 0.3 is 5.97 Å². The van der Waals surface area contributed by atoms with Gasteiger partial charge in [0.2, 0.25) is 5.90 Å². The minimum atomic E-state index is -0.386. The standard InChI is InChI=1S/C19H19NO2S/c1-3-4-5-14-6-8-15(9-7-14)18-20-16(19(21)22-18)12-17-13(2)10-11-23-17/h6-12H,3-5H2,1-2H3/b16-12-. The van der Waals surface area contributed by atoms with Gasteiger partial charge in [0, 0.05) is 10.4 Å². The van der Waals surface area contributed by atoms with Crippen molar-refractivity contribution in [2.75, 3.05) is 0 Å². The number of ether oxygens (including phenoxy) is 1. The van der Waals surface area contributed by atoms with Gasteiger partial charge in [-0.3, -0.25) is 0 Å². The molecule has 0 N–H and O–H groups in total. The molecular formula is C19H19NO2S. The molecule has 3 rings (SSSR count). The number of unbranched alkanes of at least 4 members (excludes halogenated alkanes) is 1. The smallest absolute Gasteiger partial charge is 0.363 e. The third-order valence-corrected chi connectivity index (χ3v) is 4.78. The highest BCUT2D eigenvalue weighted by atomic mass is 32.1. The molecule has 0 fully saturated rings. The highest BCUT2D eigenvalue weighted by molar-refractivity contribution is 7.11. The van der Waals surface area contributed by atoms with Crippen LogP contribution < -0.4 is 0 Å². The van der Waals surface area contributed by atoms with E-state index in [1.54, 1.807) is 17.4 Å². The third kappa shape index (κ3) is 3.59. The van der Waals surface area contributed by atoms with Crippen LogP contribution in [0.4, 0.5) is 0 Å². The summed E-state index contributed by atoms with van der Waals surface area (Å²) in [5, 5.41) is 2.00. The Kier molecular flexibility index (Phi) is 4.72. The van der Waals surface area contributed by atoms with E-state index in [0.29, 0.717) is 11.6 Å². The zero-order valence-corrected chi connectivity index (χ0v) is 14.2. The lowest BCUT2D eigenvalue weighted by molar-refractivity contribution is -0.129. The SMILES string of the molecule is CCCCc1ccc(C2=N/C(=C\c3sccc3C)C(=O)O2)cc1. The largest absolute Gasteiger partial charge is 0.402 e. The van der Waals surface area contributed by atoms with Gasteiger partial charge < -0.3 is 4.74 Å². The second-order valence-corrected chi connectivity index (χ2v) is 6.55. The van der Waals surface area contributed by atoms with Crippen molar-refractivity contribution in [3.05, 3.63) is 63.0 Å². The van der Waals surface area contributed by atoms with E-state index in [-0.39, 0.29) is 5.97 Å². The summed E-state index contributed by atoms with van der Waals surface area (Å²) in [6.45, 7) is 4.20. The molecule has 0 aliphatic carbocycles. The second-order valence-electron chi connectivity index (χ2n) is 5.60. The highest BCUT2D eigenvalue weighted by Crippen LogP contribution is 2.24. The predicted octanol–water partition coefficient (Wildman–Crippen LogP) is 4.74. The molecule has 1 aromatic heterocycles. The summed E-state index contributed by atoms with van der Waals surface area (Å²) in [5.41, 5.74) is 3.63. The molecule has 0 spiro atoms. The molecule has 0 amide bonds. The minimum Gasteiger partial charge on any atom is -0.402 e. The van der Waals surface area contributed by atoms with Crippen molar-refractivity contribution in [1.29, 1.82) is 0 Å². The first-order valence-electron chi connectivity index (χ1n) is 7.83. The van der Waals surface area contributed by atoms with Gasteiger partial charge in [0.15, 0.2) is 5.70 Å². The van der Waals surface area contributed by atoms with Crippen LogP contribution in [0, 0.1) is 6.92 Å². The van der Waals surface area contributed by atoms with Crippen LogP contribution in [-0.4, -0.2) is 11.9 Å². The summed E-state index contributed by atoms with van der Waals surface area (Å²) in [5.74, 6) is 0.000334. The zero-order valence-electron chi connectivity index (χ0n) is 13.3. The molecule has 3 nitrogen and oxygen atoms in total. The average molecular weight is 325 g/mol. The second kappa shape index (κ2) is 6.92. The lowest BCUT2D eigenvalue weighted by atomic mass is 10.1. The highest BCUT2D eigenvalue weighted by Gasteiger charge is 2.24. The molecule has 2 aromatic rings. The first-order valence-corrected chi connectivity index (χ1v) is 8.71. The number of esters is 1. The quantitative estimate of drug-likeness (QED) is 0.588. The van der Waals surface area contributed by atoms with E-state index in [4.69, 9.17) is 4.74 Å². The Morgan fingerprint density at radius 2 is 2.00 bits per heavy atom. The molecular weight excluding hydrogens is 306 g/mol. The number of hydrogen-bond acceptors (Lipinski definition) is 4. The molecule has 1 aromatic carbocycles. The molecule has 23 heavy (non-hydrogen) atoms. The number of carbonyl (C=O) groups excluding carboxylic acids is 1. The molecule has 1 aliphatic rings. The maximum Gasteiger partial charge on any atom is 0.363 e. The topological polar surface area (TPSA) is 38.7 Å². The van der Waals surface area contributed by atoms with Crippen LogP contribution in [0.5, 0.6) is 0 Å². The Bertz CT molecular complexity index is 769. The van der Waals surface area contributed by atoms with E-state index in [1.165, 1.54) is 18.4 Å². The Morgan fingerprint density at radius 1 is 1.22 bits per heavy atom. The fourth-order valence-corrected chi connectivity index (χ4v) is 3.24. The van der Waals surface area contributed by atoms with Crippen molar-refractivity contribution in [1.82, 2.24) is 0 Å². The Balaban J connectivity index is 1.81. The van der Waals surface area contributed by atoms with Crippen LogP contribution in [0.1, 0.15) is 41.3 Å². The lowest BCUT2D eigenvalue weighted by Gasteiger charge is -2.02. The molecule has 0 radical (unpaired) electrons. The van der Waals surface area contributed by atoms with Gasteiger partial charge in [0.05, 0.1) is 0 Å². The Morgan fingerprint density at radius 3 is 2.65 bits per heavy atom. The fraction of sp³-hybridized carbons (Fsp3) is 0.263. The summed E-state index contributed by atoms with van der Waals surface area (Å²) >= 11 is 1.59. The number of nitrogens with zero attached hydrogens (tertiary/aromatic N) is 1. The van der Waals surface area contributed by atoms with Crippen molar-refractivity contribution in [3.63, 3.8) is 0 Å². The van der Waals surface area contributed by atoms with Gasteiger partial charge in [-0.15, -0.1) is 11.3 Å². The lowest BCUT2D eigenvalue weighted by Crippen LogP contribution is -2.05. The monoisotopic (exact) mass is 325 g/mol. The molecule has 0 atom stereocenters. The molecule has 2 heterocycles. The summed E-state index contributed by atoms with van der Waals surface area (Å²) in [6.07, 6.45) is 5.24. The summed E-state index contributed by atoms with van der Waals surface area (Å²) < 4.78 is 5.32. The maximum absolute atomic E-state index is 12.0. The van der Waals surface area contributed by atoms with Crippen LogP contribution in [0.25, 0.3) is 6.08 Å². The molecule has 1 aliphatic heterocycles. The molecule has 0 saturated carbocycles. The average Bonchev–Trinajstić information content (AvgIpc) is 3.13. The Hall–Kier alpha value is -2.20. The van der Waals surface area contributed by atoms with Gasteiger partial charge in [-0.1, -0.05) is 25.5 Å². The molecule has 4 heteroatoms. The van der Waals surface area contributed by atoms with Crippen molar-refractivity contribution < 1.29 is 9.53 Å². The molecule has 0 unspecified atom stereocenters. The number of cyclic esters (lactones) is 1. The Labute approximate surface area is 140 Å². The van der Waals surface area contributed by atoms with E-state index in [9.17, 15) is 4.79 Å². The van der Waals surface area contributed by atoms with E-state index in [2.05, 4.69) is 24.0 Å². The molecule has 118 valence electrons. The third-order valence-electron chi connectivity index (χ3n) is 3.81. The van der Waals surface area contributed by atoms with E-state index < -0.39 is 0 Å². The number of aliphatic imine (C=N–C) groups is 1. The van der Waals surface area contributed by atoms with Crippen molar-refractivity contribution in [3.8, 4) is 0 Å². The van der Waals surface area contributed by atoms with Gasteiger partial charge in [-0.25, -0.2) is 9.79 Å². The van der Waals surface area contributed by atoms with Gasteiger partial charge in [0.25, 0.3) is 0 Å². The van der Waals surface area contributed by atoms with Gasteiger partial charge in [-0.05, 0) is 60.5 Å². The number of carbonyl (C=O) groups is 1. The van der Waals surface area contributed by atoms with Crippen LogP contribution in [-0.2, 0) is 16.0 Å². The van der Waals surface area contributed by atoms with Gasteiger partial charge in [-0.2, -0.15) is 0 Å². The molecule has 0 saturated heterocycles. The van der Waals surface area contributed by atoms with Crippen LogP contribution in [0.3, 0.4) is 0 Å². The number of rotatable bonds is 5. The zero-order chi connectivity index (χ0) is 16.2. The van der Waals surface area contributed by atoms with Crippen LogP contribution in [0.2, 0.25) is 0 Å². The maximum atomic E-state index is 12.0. The number of hydrogen-bond donors (Lipinski definition) is 0. The number of aryl methyl sites for hydroxylation is 2. The van der Waals surface area contributed by atoms with Crippen LogP contribution >= 0.6 is 11.3 Å². The summed E-state index contributed by atoms with van der Waals surface area (Å²) in [4.78, 5) is 17.4. The van der Waals surface area contributed by atoms with Crippen molar-refractivity contribution >= 4 is 29.3 Å². The normalized spacial score (nSPS) is 15.8. The minimum absolute atomic E-state index is 0.362. The summed E-state index contributed by atoms with van der Waals surface area (Å²) in [7, 11) is 0.